The van der Waals surface area contributed by atoms with Crippen LogP contribution in [0.15, 0.2) is 36.4 Å². The average molecular weight is 329 g/mol. The van der Waals surface area contributed by atoms with Crippen LogP contribution >= 0.6 is 0 Å². The first-order chi connectivity index (χ1) is 11.4. The minimum atomic E-state index is -1.27. The van der Waals surface area contributed by atoms with E-state index in [1.165, 1.54) is 6.07 Å². The Bertz CT molecular complexity index is 770. The van der Waals surface area contributed by atoms with Crippen LogP contribution in [-0.2, 0) is 11.2 Å². The molecule has 0 aromatic heterocycles. The van der Waals surface area contributed by atoms with Crippen molar-refractivity contribution < 1.29 is 24.5 Å². The number of benzene rings is 2. The lowest BCUT2D eigenvalue weighted by Gasteiger charge is -2.13. The Hall–Kier alpha value is -3.02. The SMILES string of the molecule is CCOC(=O)Nc1cc(Cc2ccccc2C)c(O)c(C(=O)O)c1. The first-order valence-electron chi connectivity index (χ1n) is 7.49. The number of aryl methyl sites for hydroxylation is 1. The molecule has 2 rings (SSSR count). The van der Waals surface area contributed by atoms with Crippen LogP contribution in [0.4, 0.5) is 10.5 Å². The van der Waals surface area contributed by atoms with Gasteiger partial charge in [-0.25, -0.2) is 9.59 Å². The maximum atomic E-state index is 11.6. The fourth-order valence-corrected chi connectivity index (χ4v) is 2.36. The first kappa shape index (κ1) is 17.3. The quantitative estimate of drug-likeness (QED) is 0.729. The van der Waals surface area contributed by atoms with E-state index < -0.39 is 12.1 Å². The van der Waals surface area contributed by atoms with E-state index in [9.17, 15) is 19.8 Å². The van der Waals surface area contributed by atoms with E-state index in [0.29, 0.717) is 12.0 Å². The Morgan fingerprint density at radius 1 is 1.17 bits per heavy atom. The van der Waals surface area contributed by atoms with E-state index in [1.54, 1.807) is 13.0 Å². The van der Waals surface area contributed by atoms with Gasteiger partial charge in [-0.2, -0.15) is 0 Å². The highest BCUT2D eigenvalue weighted by atomic mass is 16.5. The summed E-state index contributed by atoms with van der Waals surface area (Å²) in [5, 5.41) is 22.0. The lowest BCUT2D eigenvalue weighted by atomic mass is 9.97. The third-order valence-corrected chi connectivity index (χ3v) is 3.58. The van der Waals surface area contributed by atoms with Crippen LogP contribution in [0.25, 0.3) is 0 Å². The molecule has 0 fully saturated rings. The van der Waals surface area contributed by atoms with Crippen LogP contribution in [0.1, 0.15) is 34.0 Å². The lowest BCUT2D eigenvalue weighted by Crippen LogP contribution is -2.14. The molecule has 126 valence electrons. The van der Waals surface area contributed by atoms with Crippen molar-refractivity contribution in [3.05, 3.63) is 58.7 Å². The third-order valence-electron chi connectivity index (χ3n) is 3.58. The molecule has 6 heteroatoms. The van der Waals surface area contributed by atoms with Gasteiger partial charge in [0.1, 0.15) is 11.3 Å². The number of aromatic hydroxyl groups is 1. The maximum Gasteiger partial charge on any atom is 0.411 e. The molecule has 0 atom stereocenters. The molecule has 0 saturated heterocycles. The fourth-order valence-electron chi connectivity index (χ4n) is 2.36. The number of carbonyl (C=O) groups is 2. The molecule has 0 radical (unpaired) electrons. The van der Waals surface area contributed by atoms with Gasteiger partial charge >= 0.3 is 12.1 Å². The Balaban J connectivity index is 2.42. The molecule has 0 saturated carbocycles. The second kappa shape index (κ2) is 7.50. The molecule has 0 heterocycles. The van der Waals surface area contributed by atoms with Crippen molar-refractivity contribution in [2.75, 3.05) is 11.9 Å². The van der Waals surface area contributed by atoms with Crippen molar-refractivity contribution in [3.8, 4) is 5.75 Å². The molecule has 0 unspecified atom stereocenters. The summed E-state index contributed by atoms with van der Waals surface area (Å²) >= 11 is 0. The fraction of sp³-hybridized carbons (Fsp3) is 0.222. The zero-order valence-corrected chi connectivity index (χ0v) is 13.5. The number of nitrogens with one attached hydrogen (secondary N) is 1. The zero-order valence-electron chi connectivity index (χ0n) is 13.5. The number of amides is 1. The van der Waals surface area contributed by atoms with Crippen molar-refractivity contribution in [3.63, 3.8) is 0 Å². The number of hydrogen-bond donors (Lipinski definition) is 3. The van der Waals surface area contributed by atoms with Crippen LogP contribution in [-0.4, -0.2) is 28.9 Å². The molecule has 24 heavy (non-hydrogen) atoms. The molecule has 0 spiro atoms. The third kappa shape index (κ3) is 4.04. The number of aromatic carboxylic acids is 1. The minimum Gasteiger partial charge on any atom is -0.507 e. The number of phenols is 1. The summed E-state index contributed by atoms with van der Waals surface area (Å²) in [5.74, 6) is -1.58. The van der Waals surface area contributed by atoms with Crippen molar-refractivity contribution >= 4 is 17.7 Å². The van der Waals surface area contributed by atoms with Crippen LogP contribution < -0.4 is 5.32 Å². The highest BCUT2D eigenvalue weighted by molar-refractivity contribution is 5.94. The van der Waals surface area contributed by atoms with Gasteiger partial charge in [-0.1, -0.05) is 24.3 Å². The Kier molecular flexibility index (Phi) is 5.42. The number of carbonyl (C=O) groups excluding carboxylic acids is 1. The number of rotatable bonds is 5. The maximum absolute atomic E-state index is 11.6. The van der Waals surface area contributed by atoms with Gasteiger partial charge < -0.3 is 14.9 Å². The van der Waals surface area contributed by atoms with Gasteiger partial charge in [-0.3, -0.25) is 5.32 Å². The predicted molar refractivity (Wildman–Crippen MR) is 89.7 cm³/mol. The Morgan fingerprint density at radius 2 is 1.88 bits per heavy atom. The summed E-state index contributed by atoms with van der Waals surface area (Å²) < 4.78 is 4.79. The predicted octanol–water partition coefficient (Wildman–Crippen LogP) is 3.56. The highest BCUT2D eigenvalue weighted by Gasteiger charge is 2.17. The largest absolute Gasteiger partial charge is 0.507 e. The summed E-state index contributed by atoms with van der Waals surface area (Å²) in [6.45, 7) is 3.81. The van der Waals surface area contributed by atoms with Crippen LogP contribution in [0, 0.1) is 6.92 Å². The lowest BCUT2D eigenvalue weighted by molar-refractivity contribution is 0.0693. The number of carboxylic acid groups (broad SMARTS) is 1. The molecule has 0 aliphatic carbocycles. The van der Waals surface area contributed by atoms with E-state index >= 15 is 0 Å². The van der Waals surface area contributed by atoms with Crippen molar-refractivity contribution in [2.24, 2.45) is 0 Å². The van der Waals surface area contributed by atoms with E-state index in [0.717, 1.165) is 11.1 Å². The van der Waals surface area contributed by atoms with Crippen LogP contribution in [0.5, 0.6) is 5.75 Å². The van der Waals surface area contributed by atoms with E-state index in [1.807, 2.05) is 31.2 Å². The molecule has 2 aromatic carbocycles. The summed E-state index contributed by atoms with van der Waals surface area (Å²) in [6.07, 6.45) is -0.335. The second-order valence-corrected chi connectivity index (χ2v) is 5.29. The van der Waals surface area contributed by atoms with Gasteiger partial charge in [0, 0.05) is 17.7 Å². The van der Waals surface area contributed by atoms with Crippen LogP contribution in [0.2, 0.25) is 0 Å². The van der Waals surface area contributed by atoms with Gasteiger partial charge in [0.25, 0.3) is 0 Å². The van der Waals surface area contributed by atoms with Crippen molar-refractivity contribution in [1.82, 2.24) is 0 Å². The molecule has 1 amide bonds. The average Bonchev–Trinajstić information content (AvgIpc) is 2.52. The molecule has 2 aromatic rings. The molecular weight excluding hydrogens is 310 g/mol. The monoisotopic (exact) mass is 329 g/mol. The molecular formula is C18H19NO5. The number of carboxylic acids is 1. The number of anilines is 1. The van der Waals surface area contributed by atoms with E-state index in [2.05, 4.69) is 5.32 Å². The van der Waals surface area contributed by atoms with Gasteiger partial charge in [-0.05, 0) is 37.1 Å². The highest BCUT2D eigenvalue weighted by Crippen LogP contribution is 2.30. The minimum absolute atomic E-state index is 0.200. The first-order valence-corrected chi connectivity index (χ1v) is 7.49. The molecule has 0 aliphatic heterocycles. The van der Waals surface area contributed by atoms with Crippen LogP contribution in [0.3, 0.4) is 0 Å². The van der Waals surface area contributed by atoms with Gasteiger partial charge in [-0.15, -0.1) is 0 Å². The molecule has 6 nitrogen and oxygen atoms in total. The number of ether oxygens (including phenoxy) is 1. The van der Waals surface area contributed by atoms with Gasteiger partial charge in [0.2, 0.25) is 0 Å². The summed E-state index contributed by atoms with van der Waals surface area (Å²) in [5.41, 5.74) is 2.38. The summed E-state index contributed by atoms with van der Waals surface area (Å²) in [4.78, 5) is 22.9. The molecule has 0 aliphatic rings. The Morgan fingerprint density at radius 3 is 2.50 bits per heavy atom. The second-order valence-electron chi connectivity index (χ2n) is 5.29. The van der Waals surface area contributed by atoms with E-state index in [4.69, 9.17) is 4.74 Å². The summed E-state index contributed by atoms with van der Waals surface area (Å²) in [7, 11) is 0. The zero-order chi connectivity index (χ0) is 17.7. The van der Waals surface area contributed by atoms with Gasteiger partial charge in [0.05, 0.1) is 6.61 Å². The van der Waals surface area contributed by atoms with Crippen molar-refractivity contribution in [2.45, 2.75) is 20.3 Å². The van der Waals surface area contributed by atoms with Crippen molar-refractivity contribution in [1.29, 1.82) is 0 Å². The number of hydrogen-bond acceptors (Lipinski definition) is 4. The molecule has 3 N–H and O–H groups in total. The normalized spacial score (nSPS) is 10.2. The smallest absolute Gasteiger partial charge is 0.411 e. The van der Waals surface area contributed by atoms with E-state index in [-0.39, 0.29) is 23.6 Å². The Labute approximate surface area is 139 Å². The topological polar surface area (TPSA) is 95.9 Å². The standard InChI is InChI=1S/C18H19NO5/c1-3-24-18(23)19-14-9-13(16(20)15(10-14)17(21)22)8-12-7-5-4-6-11(12)2/h4-7,9-10,20H,3,8H2,1-2H3,(H,19,23)(H,21,22). The summed E-state index contributed by atoms with van der Waals surface area (Å²) in [6, 6.07) is 10.4. The van der Waals surface area contributed by atoms with Gasteiger partial charge in [0.15, 0.2) is 0 Å². The molecule has 0 bridgehead atoms.